The van der Waals surface area contributed by atoms with E-state index in [0.29, 0.717) is 0 Å². The molecule has 0 unspecified atom stereocenters. The van der Waals surface area contributed by atoms with E-state index >= 15 is 0 Å². The van der Waals surface area contributed by atoms with Gasteiger partial charge in [0.25, 0.3) is 0 Å². The zero-order valence-electron chi connectivity index (χ0n) is 9.55. The highest BCUT2D eigenvalue weighted by Gasteiger charge is 2.20. The van der Waals surface area contributed by atoms with Gasteiger partial charge < -0.3 is 4.90 Å². The van der Waals surface area contributed by atoms with Gasteiger partial charge in [-0.05, 0) is 30.9 Å². The molecule has 1 aromatic carbocycles. The monoisotopic (exact) mass is 301 g/mol. The molecule has 0 N–H and O–H groups in total. The van der Waals surface area contributed by atoms with E-state index in [4.69, 9.17) is 11.6 Å². The second-order valence-electron chi connectivity index (χ2n) is 4.55. The summed E-state index contributed by atoms with van der Waals surface area (Å²) in [6.07, 6.45) is 4.17. The zero-order valence-corrected chi connectivity index (χ0v) is 11.9. The molecule has 1 fully saturated rings. The fraction of sp³-hybridized carbons (Fsp3) is 0.538. The summed E-state index contributed by atoms with van der Waals surface area (Å²) in [7, 11) is 2.16. The van der Waals surface area contributed by atoms with Crippen molar-refractivity contribution in [3.8, 4) is 0 Å². The number of alkyl halides is 1. The average molecular weight is 303 g/mol. The summed E-state index contributed by atoms with van der Waals surface area (Å²) < 4.78 is 0. The van der Waals surface area contributed by atoms with Crippen LogP contribution in [0.2, 0.25) is 5.02 Å². The van der Waals surface area contributed by atoms with Crippen molar-refractivity contribution in [3.63, 3.8) is 0 Å². The Morgan fingerprint density at radius 2 is 2.19 bits per heavy atom. The molecule has 2 rings (SSSR count). The van der Waals surface area contributed by atoms with Gasteiger partial charge in [0.2, 0.25) is 0 Å². The van der Waals surface area contributed by atoms with Crippen molar-refractivity contribution >= 4 is 33.2 Å². The predicted octanol–water partition coefficient (Wildman–Crippen LogP) is 4.47. The Bertz CT molecular complexity index is 363. The van der Waals surface area contributed by atoms with Gasteiger partial charge in [0.05, 0.1) is 0 Å². The van der Waals surface area contributed by atoms with E-state index in [0.717, 1.165) is 22.8 Å². The number of rotatable bonds is 4. The molecule has 0 amide bonds. The first-order valence-electron chi connectivity index (χ1n) is 5.77. The fourth-order valence-electron chi connectivity index (χ4n) is 2.20. The van der Waals surface area contributed by atoms with E-state index in [-0.39, 0.29) is 0 Å². The molecule has 16 heavy (non-hydrogen) atoms. The van der Waals surface area contributed by atoms with Crippen LogP contribution < -0.4 is 4.90 Å². The largest absolute Gasteiger partial charge is 0.374 e. The maximum atomic E-state index is 6.20. The highest BCUT2D eigenvalue weighted by Crippen LogP contribution is 2.32. The van der Waals surface area contributed by atoms with E-state index in [1.165, 1.54) is 30.5 Å². The van der Waals surface area contributed by atoms with Crippen molar-refractivity contribution in [2.24, 2.45) is 5.92 Å². The van der Waals surface area contributed by atoms with Crippen LogP contribution in [0.1, 0.15) is 24.8 Å². The SMILES string of the molecule is CN(CC1CCC1)c1cccc(Cl)c1CBr. The van der Waals surface area contributed by atoms with Crippen LogP contribution in [0.4, 0.5) is 5.69 Å². The summed E-state index contributed by atoms with van der Waals surface area (Å²) in [5.41, 5.74) is 2.46. The van der Waals surface area contributed by atoms with Gasteiger partial charge >= 0.3 is 0 Å². The van der Waals surface area contributed by atoms with Crippen molar-refractivity contribution in [2.75, 3.05) is 18.5 Å². The molecular weight excluding hydrogens is 286 g/mol. The third-order valence-corrected chi connectivity index (χ3v) is 4.31. The van der Waals surface area contributed by atoms with Gasteiger partial charge in [-0.25, -0.2) is 0 Å². The van der Waals surface area contributed by atoms with Gasteiger partial charge in [0.15, 0.2) is 0 Å². The summed E-state index contributed by atoms with van der Waals surface area (Å²) in [4.78, 5) is 2.34. The molecular formula is C13H17BrClN. The van der Waals surface area contributed by atoms with Crippen molar-refractivity contribution < 1.29 is 0 Å². The normalized spacial score (nSPS) is 15.9. The molecule has 3 heteroatoms. The Morgan fingerprint density at radius 1 is 1.44 bits per heavy atom. The number of halogens is 2. The maximum absolute atomic E-state index is 6.20. The smallest absolute Gasteiger partial charge is 0.0467 e. The topological polar surface area (TPSA) is 3.24 Å². The number of nitrogens with zero attached hydrogens (tertiary/aromatic N) is 1. The molecule has 0 saturated heterocycles. The molecule has 0 radical (unpaired) electrons. The Morgan fingerprint density at radius 3 is 2.75 bits per heavy atom. The minimum absolute atomic E-state index is 0.816. The van der Waals surface area contributed by atoms with Crippen LogP contribution in [0.15, 0.2) is 18.2 Å². The van der Waals surface area contributed by atoms with Crippen molar-refractivity contribution in [1.82, 2.24) is 0 Å². The third-order valence-electron chi connectivity index (χ3n) is 3.40. The first kappa shape index (κ1) is 12.3. The van der Waals surface area contributed by atoms with E-state index in [2.05, 4.69) is 33.9 Å². The van der Waals surface area contributed by atoms with Crippen LogP contribution in [0.25, 0.3) is 0 Å². The second-order valence-corrected chi connectivity index (χ2v) is 5.52. The molecule has 1 aliphatic rings. The number of hydrogen-bond acceptors (Lipinski definition) is 1. The molecule has 1 saturated carbocycles. The van der Waals surface area contributed by atoms with Gasteiger partial charge in [-0.2, -0.15) is 0 Å². The highest BCUT2D eigenvalue weighted by atomic mass is 79.9. The standard InChI is InChI=1S/C13H17BrClN/c1-16(9-10-4-2-5-10)13-7-3-6-12(15)11(13)8-14/h3,6-7,10H,2,4-5,8-9H2,1H3. The minimum Gasteiger partial charge on any atom is -0.374 e. The lowest BCUT2D eigenvalue weighted by molar-refractivity contribution is 0.321. The number of anilines is 1. The number of hydrogen-bond donors (Lipinski definition) is 0. The van der Waals surface area contributed by atoms with Gasteiger partial charge in [0.1, 0.15) is 0 Å². The molecule has 0 aliphatic heterocycles. The van der Waals surface area contributed by atoms with E-state index in [9.17, 15) is 0 Å². The Labute approximate surface area is 111 Å². The molecule has 0 aromatic heterocycles. The van der Waals surface area contributed by atoms with Crippen LogP contribution in [-0.4, -0.2) is 13.6 Å². The molecule has 0 atom stereocenters. The summed E-state index contributed by atoms with van der Waals surface area (Å²) in [6.45, 7) is 1.15. The Kier molecular flexibility index (Phi) is 4.15. The minimum atomic E-state index is 0.816. The van der Waals surface area contributed by atoms with Crippen molar-refractivity contribution in [3.05, 3.63) is 28.8 Å². The molecule has 1 aliphatic carbocycles. The molecule has 0 spiro atoms. The fourth-order valence-corrected chi connectivity index (χ4v) is 3.19. The van der Waals surface area contributed by atoms with Crippen LogP contribution in [0, 0.1) is 5.92 Å². The molecule has 0 heterocycles. The van der Waals surface area contributed by atoms with Crippen molar-refractivity contribution in [1.29, 1.82) is 0 Å². The molecule has 0 bridgehead atoms. The lowest BCUT2D eigenvalue weighted by atomic mass is 9.85. The molecule has 88 valence electrons. The van der Waals surface area contributed by atoms with E-state index < -0.39 is 0 Å². The van der Waals surface area contributed by atoms with Crippen LogP contribution in [0.3, 0.4) is 0 Å². The zero-order chi connectivity index (χ0) is 11.5. The third kappa shape index (κ3) is 2.54. The van der Waals surface area contributed by atoms with Crippen LogP contribution >= 0.6 is 27.5 Å². The van der Waals surface area contributed by atoms with Crippen LogP contribution in [-0.2, 0) is 5.33 Å². The van der Waals surface area contributed by atoms with Gasteiger partial charge in [0, 0.05) is 35.2 Å². The lowest BCUT2D eigenvalue weighted by Gasteiger charge is -2.32. The van der Waals surface area contributed by atoms with Crippen LogP contribution in [0.5, 0.6) is 0 Å². The van der Waals surface area contributed by atoms with Crippen molar-refractivity contribution in [2.45, 2.75) is 24.6 Å². The quantitative estimate of drug-likeness (QED) is 0.742. The summed E-state index contributed by atoms with van der Waals surface area (Å²) in [5.74, 6) is 0.882. The lowest BCUT2D eigenvalue weighted by Crippen LogP contribution is -2.29. The summed E-state index contributed by atoms with van der Waals surface area (Å²) in [5, 5.41) is 1.67. The van der Waals surface area contributed by atoms with E-state index in [1.807, 2.05) is 12.1 Å². The molecule has 1 nitrogen and oxygen atoms in total. The Balaban J connectivity index is 2.14. The maximum Gasteiger partial charge on any atom is 0.0467 e. The first-order valence-corrected chi connectivity index (χ1v) is 7.27. The Hall–Kier alpha value is -0.210. The predicted molar refractivity (Wildman–Crippen MR) is 74.7 cm³/mol. The van der Waals surface area contributed by atoms with Gasteiger partial charge in [-0.3, -0.25) is 0 Å². The highest BCUT2D eigenvalue weighted by molar-refractivity contribution is 9.08. The average Bonchev–Trinajstić information content (AvgIpc) is 2.22. The second kappa shape index (κ2) is 5.42. The first-order chi connectivity index (χ1) is 7.72. The number of benzene rings is 1. The summed E-state index contributed by atoms with van der Waals surface area (Å²) >= 11 is 9.71. The van der Waals surface area contributed by atoms with Gasteiger partial charge in [-0.15, -0.1) is 0 Å². The van der Waals surface area contributed by atoms with E-state index in [1.54, 1.807) is 0 Å². The van der Waals surface area contributed by atoms with Gasteiger partial charge in [-0.1, -0.05) is 40.0 Å². The summed E-state index contributed by atoms with van der Waals surface area (Å²) in [6, 6.07) is 6.14. The molecule has 1 aromatic rings.